The number of amides is 1. The van der Waals surface area contributed by atoms with Gasteiger partial charge < -0.3 is 5.32 Å². The van der Waals surface area contributed by atoms with Crippen molar-refractivity contribution in [1.29, 1.82) is 0 Å². The smallest absolute Gasteiger partial charge is 0.251 e. The molecule has 0 spiro atoms. The lowest BCUT2D eigenvalue weighted by Crippen LogP contribution is -2.30. The highest BCUT2D eigenvalue weighted by molar-refractivity contribution is 9.10. The van der Waals surface area contributed by atoms with Crippen LogP contribution in [0.1, 0.15) is 17.3 Å². The summed E-state index contributed by atoms with van der Waals surface area (Å²) < 4.78 is 0.649. The van der Waals surface area contributed by atoms with Crippen molar-refractivity contribution in [2.45, 2.75) is 13.0 Å². The average Bonchev–Trinajstić information content (AvgIpc) is 2.17. The van der Waals surface area contributed by atoms with E-state index in [1.165, 1.54) is 0 Å². The van der Waals surface area contributed by atoms with Gasteiger partial charge in [-0.15, -0.1) is 6.58 Å². The van der Waals surface area contributed by atoms with Crippen LogP contribution < -0.4 is 5.32 Å². The van der Waals surface area contributed by atoms with E-state index in [1.807, 2.05) is 6.92 Å². The van der Waals surface area contributed by atoms with Gasteiger partial charge in [0.25, 0.3) is 5.91 Å². The molecule has 0 aliphatic rings. The largest absolute Gasteiger partial charge is 0.346 e. The van der Waals surface area contributed by atoms with Crippen molar-refractivity contribution in [3.8, 4) is 0 Å². The van der Waals surface area contributed by atoms with Gasteiger partial charge in [0.05, 0.1) is 0 Å². The monoisotopic (exact) mass is 254 g/mol. The zero-order chi connectivity index (χ0) is 10.6. The van der Waals surface area contributed by atoms with Gasteiger partial charge >= 0.3 is 0 Å². The number of rotatable bonds is 3. The minimum atomic E-state index is -0.125. The van der Waals surface area contributed by atoms with Crippen LogP contribution in [0, 0.1) is 0 Å². The zero-order valence-electron chi connectivity index (χ0n) is 7.83. The summed E-state index contributed by atoms with van der Waals surface area (Å²) in [6, 6.07) is 3.30. The van der Waals surface area contributed by atoms with E-state index in [-0.39, 0.29) is 11.9 Å². The molecule has 1 N–H and O–H groups in total. The topological polar surface area (TPSA) is 42.0 Å². The fourth-order valence-corrected chi connectivity index (χ4v) is 1.26. The molecular weight excluding hydrogens is 244 g/mol. The lowest BCUT2D eigenvalue weighted by Gasteiger charge is -2.08. The summed E-state index contributed by atoms with van der Waals surface area (Å²) in [6.45, 7) is 5.45. The highest BCUT2D eigenvalue weighted by Gasteiger charge is 2.07. The average molecular weight is 255 g/mol. The molecule has 14 heavy (non-hydrogen) atoms. The van der Waals surface area contributed by atoms with Crippen LogP contribution in [0.2, 0.25) is 0 Å². The molecule has 1 aromatic rings. The molecule has 0 radical (unpaired) electrons. The number of nitrogens with one attached hydrogen (secondary N) is 1. The van der Waals surface area contributed by atoms with Crippen LogP contribution in [0.4, 0.5) is 0 Å². The highest BCUT2D eigenvalue weighted by Crippen LogP contribution is 2.07. The van der Waals surface area contributed by atoms with Crippen molar-refractivity contribution >= 4 is 21.8 Å². The molecule has 1 atom stereocenters. The minimum absolute atomic E-state index is 0.0329. The molecule has 3 nitrogen and oxygen atoms in total. The predicted molar refractivity (Wildman–Crippen MR) is 59.1 cm³/mol. The molecule has 1 amide bonds. The summed E-state index contributed by atoms with van der Waals surface area (Å²) >= 11 is 3.20. The minimum Gasteiger partial charge on any atom is -0.346 e. The Bertz CT molecular complexity index is 352. The number of nitrogens with zero attached hydrogens (tertiary/aromatic N) is 1. The van der Waals surface area contributed by atoms with Gasteiger partial charge in [0.2, 0.25) is 0 Å². The Hall–Kier alpha value is -1.16. The van der Waals surface area contributed by atoms with Gasteiger partial charge in [-0.1, -0.05) is 6.08 Å². The fourth-order valence-electron chi connectivity index (χ4n) is 0.893. The molecule has 1 unspecified atom stereocenters. The van der Waals surface area contributed by atoms with E-state index in [0.717, 1.165) is 0 Å². The van der Waals surface area contributed by atoms with Crippen molar-refractivity contribution in [2.24, 2.45) is 0 Å². The van der Waals surface area contributed by atoms with Crippen LogP contribution in [0.5, 0.6) is 0 Å². The Kier molecular flexibility index (Phi) is 3.83. The van der Waals surface area contributed by atoms with Crippen molar-refractivity contribution < 1.29 is 4.79 Å². The zero-order valence-corrected chi connectivity index (χ0v) is 9.41. The SMILES string of the molecule is C=CC(C)NC(=O)c1ccnc(Br)c1. The summed E-state index contributed by atoms with van der Waals surface area (Å²) in [5.41, 5.74) is 0.584. The standard InChI is InChI=1S/C10H11BrN2O/c1-3-7(2)13-10(14)8-4-5-12-9(11)6-8/h3-7H,1H2,2H3,(H,13,14). The third-order valence-corrected chi connectivity index (χ3v) is 2.13. The van der Waals surface area contributed by atoms with Crippen LogP contribution in [0.25, 0.3) is 0 Å². The maximum Gasteiger partial charge on any atom is 0.251 e. The van der Waals surface area contributed by atoms with Crippen LogP contribution in [-0.4, -0.2) is 16.9 Å². The number of carbonyl (C=O) groups excluding carboxylic acids is 1. The van der Waals surface area contributed by atoms with E-state index < -0.39 is 0 Å². The van der Waals surface area contributed by atoms with Crippen molar-refractivity contribution in [1.82, 2.24) is 10.3 Å². The molecule has 74 valence electrons. The maximum absolute atomic E-state index is 11.6. The molecule has 1 heterocycles. The van der Waals surface area contributed by atoms with E-state index >= 15 is 0 Å². The third kappa shape index (κ3) is 2.96. The Morgan fingerprint density at radius 3 is 3.07 bits per heavy atom. The first-order valence-corrected chi connectivity index (χ1v) is 4.97. The summed E-state index contributed by atoms with van der Waals surface area (Å²) in [5.74, 6) is -0.125. The second-order valence-electron chi connectivity index (χ2n) is 2.87. The van der Waals surface area contributed by atoms with Crippen LogP contribution in [0.15, 0.2) is 35.6 Å². The van der Waals surface area contributed by atoms with Crippen molar-refractivity contribution in [3.05, 3.63) is 41.2 Å². The van der Waals surface area contributed by atoms with Gasteiger partial charge in [0.15, 0.2) is 0 Å². The van der Waals surface area contributed by atoms with Gasteiger partial charge in [0, 0.05) is 17.8 Å². The summed E-state index contributed by atoms with van der Waals surface area (Å²) in [6.07, 6.45) is 3.26. The molecule has 1 aromatic heterocycles. The van der Waals surface area contributed by atoms with E-state index in [1.54, 1.807) is 24.4 Å². The first kappa shape index (κ1) is 10.9. The van der Waals surface area contributed by atoms with E-state index in [2.05, 4.69) is 32.8 Å². The number of pyridine rings is 1. The molecule has 0 aromatic carbocycles. The van der Waals surface area contributed by atoms with Gasteiger partial charge in [0.1, 0.15) is 4.60 Å². The third-order valence-electron chi connectivity index (χ3n) is 1.70. The summed E-state index contributed by atoms with van der Waals surface area (Å²) in [5, 5.41) is 2.77. The van der Waals surface area contributed by atoms with Gasteiger partial charge in [-0.3, -0.25) is 4.79 Å². The Morgan fingerprint density at radius 2 is 2.50 bits per heavy atom. The maximum atomic E-state index is 11.6. The Morgan fingerprint density at radius 1 is 1.79 bits per heavy atom. The molecule has 0 bridgehead atoms. The number of halogens is 1. The van der Waals surface area contributed by atoms with E-state index in [9.17, 15) is 4.79 Å². The normalized spacial score (nSPS) is 11.9. The van der Waals surface area contributed by atoms with Crippen LogP contribution in [0.3, 0.4) is 0 Å². The second kappa shape index (κ2) is 4.91. The molecule has 0 aliphatic heterocycles. The molecule has 1 rings (SSSR count). The lowest BCUT2D eigenvalue weighted by molar-refractivity contribution is 0.0947. The molecule has 0 aliphatic carbocycles. The number of hydrogen-bond acceptors (Lipinski definition) is 2. The predicted octanol–water partition coefficient (Wildman–Crippen LogP) is 2.15. The van der Waals surface area contributed by atoms with Crippen molar-refractivity contribution in [3.63, 3.8) is 0 Å². The number of carbonyl (C=O) groups is 1. The number of hydrogen-bond donors (Lipinski definition) is 1. The second-order valence-corrected chi connectivity index (χ2v) is 3.68. The van der Waals surface area contributed by atoms with Gasteiger partial charge in [-0.25, -0.2) is 4.98 Å². The Balaban J connectivity index is 2.74. The van der Waals surface area contributed by atoms with Gasteiger partial charge in [-0.2, -0.15) is 0 Å². The molecule has 4 heteroatoms. The molecule has 0 fully saturated rings. The summed E-state index contributed by atoms with van der Waals surface area (Å²) in [7, 11) is 0. The van der Waals surface area contributed by atoms with Crippen molar-refractivity contribution in [2.75, 3.05) is 0 Å². The first-order chi connectivity index (χ1) is 6.63. The molecular formula is C10H11BrN2O. The number of aromatic nitrogens is 1. The lowest BCUT2D eigenvalue weighted by atomic mass is 10.2. The molecule has 0 saturated heterocycles. The Labute approximate surface area is 91.4 Å². The van der Waals surface area contributed by atoms with E-state index in [0.29, 0.717) is 10.2 Å². The fraction of sp³-hybridized carbons (Fsp3) is 0.200. The first-order valence-electron chi connectivity index (χ1n) is 4.18. The van der Waals surface area contributed by atoms with Crippen LogP contribution in [-0.2, 0) is 0 Å². The highest BCUT2D eigenvalue weighted by atomic mass is 79.9. The van der Waals surface area contributed by atoms with Gasteiger partial charge in [-0.05, 0) is 35.0 Å². The van der Waals surface area contributed by atoms with Crippen LogP contribution >= 0.6 is 15.9 Å². The van der Waals surface area contributed by atoms with E-state index in [4.69, 9.17) is 0 Å². The summed E-state index contributed by atoms with van der Waals surface area (Å²) in [4.78, 5) is 15.5. The quantitative estimate of drug-likeness (QED) is 0.664. The molecule has 0 saturated carbocycles.